The van der Waals surface area contributed by atoms with E-state index in [2.05, 4.69) is 15.5 Å². The standard InChI is InChI=1S/C21H19N3O4/c1-12-16-5-4-15(27-2)10-19(16)28-21(26)17(12)6-8-20(25)23-14-3-7-18-13(9-14)11-22-24-18/h3-5,7,9-11H,6,8H2,1-2H3,(H,22,24)(H,23,25). The maximum absolute atomic E-state index is 12.4. The van der Waals surface area contributed by atoms with Crippen LogP contribution in [0.15, 0.2) is 51.8 Å². The van der Waals surface area contributed by atoms with Gasteiger partial charge in [0.25, 0.3) is 0 Å². The van der Waals surface area contributed by atoms with Gasteiger partial charge >= 0.3 is 5.63 Å². The van der Waals surface area contributed by atoms with Gasteiger partial charge in [-0.15, -0.1) is 0 Å². The van der Waals surface area contributed by atoms with Gasteiger partial charge in [-0.05, 0) is 49.2 Å². The fourth-order valence-electron chi connectivity index (χ4n) is 3.27. The number of fused-ring (bicyclic) bond motifs is 2. The summed E-state index contributed by atoms with van der Waals surface area (Å²) < 4.78 is 10.6. The van der Waals surface area contributed by atoms with Crippen molar-refractivity contribution < 1.29 is 13.9 Å². The topological polar surface area (TPSA) is 97.2 Å². The molecular weight excluding hydrogens is 358 g/mol. The average molecular weight is 377 g/mol. The first-order valence-corrected chi connectivity index (χ1v) is 8.88. The summed E-state index contributed by atoms with van der Waals surface area (Å²) in [5.74, 6) is 0.452. The zero-order chi connectivity index (χ0) is 19.7. The summed E-state index contributed by atoms with van der Waals surface area (Å²) in [6.45, 7) is 1.87. The number of benzene rings is 2. The number of aryl methyl sites for hydroxylation is 1. The Bertz CT molecular complexity index is 1240. The van der Waals surface area contributed by atoms with Crippen LogP contribution in [0.4, 0.5) is 5.69 Å². The molecule has 2 aromatic carbocycles. The van der Waals surface area contributed by atoms with Gasteiger partial charge in [-0.25, -0.2) is 4.79 Å². The van der Waals surface area contributed by atoms with Crippen molar-refractivity contribution in [2.24, 2.45) is 0 Å². The van der Waals surface area contributed by atoms with Gasteiger partial charge in [-0.1, -0.05) is 0 Å². The number of carbonyl (C=O) groups is 1. The first-order valence-electron chi connectivity index (χ1n) is 8.88. The van der Waals surface area contributed by atoms with Gasteiger partial charge in [0.1, 0.15) is 11.3 Å². The van der Waals surface area contributed by atoms with Gasteiger partial charge in [-0.3, -0.25) is 9.89 Å². The lowest BCUT2D eigenvalue weighted by Crippen LogP contribution is -2.16. The number of ether oxygens (including phenoxy) is 1. The number of amides is 1. The van der Waals surface area contributed by atoms with Crippen LogP contribution in [0.25, 0.3) is 21.9 Å². The van der Waals surface area contributed by atoms with Crippen molar-refractivity contribution in [2.45, 2.75) is 19.8 Å². The van der Waals surface area contributed by atoms with Crippen LogP contribution in [-0.4, -0.2) is 23.2 Å². The van der Waals surface area contributed by atoms with Crippen molar-refractivity contribution in [3.05, 3.63) is 64.1 Å². The maximum atomic E-state index is 12.4. The van der Waals surface area contributed by atoms with Gasteiger partial charge in [0, 0.05) is 34.5 Å². The van der Waals surface area contributed by atoms with Crippen LogP contribution in [0.3, 0.4) is 0 Å². The largest absolute Gasteiger partial charge is 0.497 e. The number of hydrogen-bond donors (Lipinski definition) is 2. The van der Waals surface area contributed by atoms with Gasteiger partial charge < -0.3 is 14.5 Å². The number of rotatable bonds is 5. The van der Waals surface area contributed by atoms with E-state index in [4.69, 9.17) is 9.15 Å². The summed E-state index contributed by atoms with van der Waals surface area (Å²) in [4.78, 5) is 24.7. The number of nitrogens with zero attached hydrogens (tertiary/aromatic N) is 1. The van der Waals surface area contributed by atoms with E-state index >= 15 is 0 Å². The molecule has 28 heavy (non-hydrogen) atoms. The van der Waals surface area contributed by atoms with Crippen LogP contribution < -0.4 is 15.7 Å². The third-order valence-electron chi connectivity index (χ3n) is 4.82. The molecule has 2 N–H and O–H groups in total. The number of methoxy groups -OCH3 is 1. The molecule has 0 aliphatic carbocycles. The van der Waals surface area contributed by atoms with Crippen LogP contribution in [0.5, 0.6) is 5.75 Å². The summed E-state index contributed by atoms with van der Waals surface area (Å²) in [5.41, 5.74) is 2.97. The van der Waals surface area contributed by atoms with Crippen molar-refractivity contribution in [1.82, 2.24) is 10.2 Å². The van der Waals surface area contributed by atoms with Crippen molar-refractivity contribution in [3.63, 3.8) is 0 Å². The second-order valence-electron chi connectivity index (χ2n) is 6.58. The molecule has 4 rings (SSSR count). The van der Waals surface area contributed by atoms with Crippen LogP contribution in [-0.2, 0) is 11.2 Å². The molecule has 2 heterocycles. The molecule has 142 valence electrons. The molecule has 7 heteroatoms. The highest BCUT2D eigenvalue weighted by molar-refractivity contribution is 5.93. The van der Waals surface area contributed by atoms with Crippen LogP contribution in [0.1, 0.15) is 17.5 Å². The number of hydrogen-bond acceptors (Lipinski definition) is 5. The highest BCUT2D eigenvalue weighted by Crippen LogP contribution is 2.24. The molecule has 0 aliphatic rings. The van der Waals surface area contributed by atoms with E-state index in [0.717, 1.165) is 21.9 Å². The van der Waals surface area contributed by atoms with Gasteiger partial charge in [0.2, 0.25) is 5.91 Å². The number of nitrogens with one attached hydrogen (secondary N) is 2. The van der Waals surface area contributed by atoms with E-state index in [1.54, 1.807) is 25.4 Å². The Balaban J connectivity index is 1.51. The molecule has 2 aromatic heterocycles. The smallest absolute Gasteiger partial charge is 0.339 e. The average Bonchev–Trinajstić information content (AvgIpc) is 3.15. The minimum absolute atomic E-state index is 0.170. The SMILES string of the molecule is COc1ccc2c(C)c(CCC(=O)Nc3ccc4[nH]ncc4c3)c(=O)oc2c1. The Kier molecular flexibility index (Phi) is 4.57. The third kappa shape index (κ3) is 3.34. The Labute approximate surface area is 160 Å². The number of aromatic amines is 1. The van der Waals surface area contributed by atoms with E-state index < -0.39 is 5.63 Å². The summed E-state index contributed by atoms with van der Waals surface area (Å²) >= 11 is 0. The van der Waals surface area contributed by atoms with E-state index in [0.29, 0.717) is 29.0 Å². The Morgan fingerprint density at radius 2 is 2.11 bits per heavy atom. The second-order valence-corrected chi connectivity index (χ2v) is 6.58. The lowest BCUT2D eigenvalue weighted by molar-refractivity contribution is -0.116. The highest BCUT2D eigenvalue weighted by atomic mass is 16.5. The molecule has 0 radical (unpaired) electrons. The van der Waals surface area contributed by atoms with Crippen LogP contribution >= 0.6 is 0 Å². The van der Waals surface area contributed by atoms with Crippen molar-refractivity contribution in [2.75, 3.05) is 12.4 Å². The van der Waals surface area contributed by atoms with E-state index in [9.17, 15) is 9.59 Å². The summed E-state index contributed by atoms with van der Waals surface area (Å²) in [6.07, 6.45) is 2.18. The van der Waals surface area contributed by atoms with Gasteiger partial charge in [0.05, 0.1) is 18.8 Å². The van der Waals surface area contributed by atoms with Gasteiger partial charge in [-0.2, -0.15) is 5.10 Å². The molecule has 4 aromatic rings. The monoisotopic (exact) mass is 377 g/mol. The first kappa shape index (κ1) is 17.8. The van der Waals surface area contributed by atoms with Crippen LogP contribution in [0, 0.1) is 6.92 Å². The Hall–Kier alpha value is -3.61. The number of aromatic nitrogens is 2. The molecule has 0 spiro atoms. The zero-order valence-electron chi connectivity index (χ0n) is 15.5. The number of carbonyl (C=O) groups excluding carboxylic acids is 1. The Morgan fingerprint density at radius 3 is 2.93 bits per heavy atom. The molecule has 0 unspecified atom stereocenters. The summed E-state index contributed by atoms with van der Waals surface area (Å²) in [7, 11) is 1.56. The maximum Gasteiger partial charge on any atom is 0.339 e. The fourth-order valence-corrected chi connectivity index (χ4v) is 3.27. The lowest BCUT2D eigenvalue weighted by Gasteiger charge is -2.09. The van der Waals surface area contributed by atoms with E-state index in [1.165, 1.54) is 0 Å². The molecule has 0 saturated heterocycles. The predicted molar refractivity (Wildman–Crippen MR) is 107 cm³/mol. The Morgan fingerprint density at radius 1 is 1.25 bits per heavy atom. The molecule has 0 fully saturated rings. The second kappa shape index (κ2) is 7.19. The van der Waals surface area contributed by atoms with Crippen molar-refractivity contribution in [3.8, 4) is 5.75 Å². The normalized spacial score (nSPS) is 11.1. The summed E-state index contributed by atoms with van der Waals surface area (Å²) in [6, 6.07) is 10.9. The molecule has 0 atom stereocenters. The van der Waals surface area contributed by atoms with E-state index in [-0.39, 0.29) is 12.3 Å². The lowest BCUT2D eigenvalue weighted by atomic mass is 10.0. The zero-order valence-corrected chi connectivity index (χ0v) is 15.5. The van der Waals surface area contributed by atoms with Gasteiger partial charge in [0.15, 0.2) is 0 Å². The third-order valence-corrected chi connectivity index (χ3v) is 4.82. The molecule has 1 amide bonds. The molecule has 7 nitrogen and oxygen atoms in total. The first-order chi connectivity index (χ1) is 13.5. The number of H-pyrrole nitrogens is 1. The van der Waals surface area contributed by atoms with E-state index in [1.807, 2.05) is 31.2 Å². The van der Waals surface area contributed by atoms with Crippen molar-refractivity contribution >= 4 is 33.5 Å². The molecular formula is C21H19N3O4. The van der Waals surface area contributed by atoms with Crippen LogP contribution in [0.2, 0.25) is 0 Å². The molecule has 0 saturated carbocycles. The minimum Gasteiger partial charge on any atom is -0.497 e. The highest BCUT2D eigenvalue weighted by Gasteiger charge is 2.14. The quantitative estimate of drug-likeness (QED) is 0.518. The van der Waals surface area contributed by atoms with Crippen molar-refractivity contribution in [1.29, 1.82) is 0 Å². The minimum atomic E-state index is -0.425. The summed E-state index contributed by atoms with van der Waals surface area (Å²) in [5, 5.41) is 11.4. The number of anilines is 1. The fraction of sp³-hybridized carbons (Fsp3) is 0.190. The predicted octanol–water partition coefficient (Wildman–Crippen LogP) is 3.56. The molecule has 0 bridgehead atoms. The molecule has 0 aliphatic heterocycles.